The summed E-state index contributed by atoms with van der Waals surface area (Å²) >= 11 is 0. The van der Waals surface area contributed by atoms with Gasteiger partial charge >= 0.3 is 0 Å². The topological polar surface area (TPSA) is 90.2 Å². The number of amides is 2. The lowest BCUT2D eigenvalue weighted by Gasteiger charge is -2.14. The number of benzene rings is 2. The normalized spacial score (nSPS) is 13.5. The molecule has 0 unspecified atom stereocenters. The highest BCUT2D eigenvalue weighted by Gasteiger charge is 2.39. The summed E-state index contributed by atoms with van der Waals surface area (Å²) in [5, 5.41) is 3.12. The molecule has 2 amide bonds. The SMILES string of the molecule is CCOc1ccc(C2=C(Nc3ccc(OC)c(OC)c3)C(=O)N(Cc3ccco3)C2=O)cc1. The second-order valence-corrected chi connectivity index (χ2v) is 7.18. The molecule has 2 aromatic carbocycles. The Kier molecular flexibility index (Phi) is 6.35. The van der Waals surface area contributed by atoms with E-state index in [1.165, 1.54) is 13.4 Å². The van der Waals surface area contributed by atoms with Crippen LogP contribution in [0.4, 0.5) is 5.69 Å². The van der Waals surface area contributed by atoms with Crippen LogP contribution < -0.4 is 19.5 Å². The molecule has 0 fully saturated rings. The molecule has 3 aromatic rings. The van der Waals surface area contributed by atoms with Crippen LogP contribution in [-0.2, 0) is 16.1 Å². The van der Waals surface area contributed by atoms with Crippen LogP contribution in [0.3, 0.4) is 0 Å². The van der Waals surface area contributed by atoms with E-state index in [2.05, 4.69) is 5.32 Å². The molecular weight excluding hydrogens is 424 g/mol. The molecule has 170 valence electrons. The molecule has 1 aliphatic rings. The van der Waals surface area contributed by atoms with Gasteiger partial charge in [-0.25, -0.2) is 0 Å². The number of hydrogen-bond donors (Lipinski definition) is 1. The molecule has 0 radical (unpaired) electrons. The zero-order chi connectivity index (χ0) is 23.4. The van der Waals surface area contributed by atoms with Crippen LogP contribution >= 0.6 is 0 Å². The average molecular weight is 448 g/mol. The van der Waals surface area contributed by atoms with E-state index in [1.54, 1.807) is 61.7 Å². The molecule has 0 aliphatic carbocycles. The van der Waals surface area contributed by atoms with Gasteiger partial charge in [0.25, 0.3) is 11.8 Å². The molecule has 0 saturated carbocycles. The molecule has 0 atom stereocenters. The fourth-order valence-corrected chi connectivity index (χ4v) is 3.60. The zero-order valence-electron chi connectivity index (χ0n) is 18.6. The highest BCUT2D eigenvalue weighted by Crippen LogP contribution is 2.35. The molecule has 0 saturated heterocycles. The molecule has 1 N–H and O–H groups in total. The van der Waals surface area contributed by atoms with Gasteiger partial charge in [-0.15, -0.1) is 0 Å². The van der Waals surface area contributed by atoms with Crippen LogP contribution in [0.5, 0.6) is 17.2 Å². The van der Waals surface area contributed by atoms with Crippen LogP contribution in [0.1, 0.15) is 18.2 Å². The third-order valence-corrected chi connectivity index (χ3v) is 5.17. The van der Waals surface area contributed by atoms with Gasteiger partial charge in [-0.2, -0.15) is 0 Å². The van der Waals surface area contributed by atoms with Gasteiger partial charge in [-0.1, -0.05) is 12.1 Å². The first-order valence-corrected chi connectivity index (χ1v) is 10.4. The number of imide groups is 1. The highest BCUT2D eigenvalue weighted by molar-refractivity contribution is 6.36. The van der Waals surface area contributed by atoms with Crippen molar-refractivity contribution in [2.75, 3.05) is 26.1 Å². The standard InChI is InChI=1S/C25H24N2O6/c1-4-32-18-10-7-16(8-11-18)22-23(26-17-9-12-20(30-2)21(14-17)31-3)25(29)27(24(22)28)15-19-6-5-13-33-19/h5-14,26H,4,15H2,1-3H3. The van der Waals surface area contributed by atoms with Gasteiger partial charge in [-0.3, -0.25) is 14.5 Å². The molecule has 0 spiro atoms. The van der Waals surface area contributed by atoms with E-state index in [0.717, 1.165) is 4.90 Å². The maximum Gasteiger partial charge on any atom is 0.278 e. The number of rotatable bonds is 9. The monoisotopic (exact) mass is 448 g/mol. The minimum Gasteiger partial charge on any atom is -0.494 e. The van der Waals surface area contributed by atoms with E-state index in [4.69, 9.17) is 18.6 Å². The Morgan fingerprint density at radius 2 is 1.70 bits per heavy atom. The second-order valence-electron chi connectivity index (χ2n) is 7.18. The van der Waals surface area contributed by atoms with Crippen molar-refractivity contribution in [2.24, 2.45) is 0 Å². The van der Waals surface area contributed by atoms with E-state index in [1.807, 2.05) is 6.92 Å². The Hall–Kier alpha value is -4.20. The first-order chi connectivity index (χ1) is 16.0. The largest absolute Gasteiger partial charge is 0.494 e. The highest BCUT2D eigenvalue weighted by atomic mass is 16.5. The van der Waals surface area contributed by atoms with E-state index >= 15 is 0 Å². The predicted molar refractivity (Wildman–Crippen MR) is 122 cm³/mol. The minimum atomic E-state index is -0.449. The van der Waals surface area contributed by atoms with Crippen molar-refractivity contribution in [2.45, 2.75) is 13.5 Å². The number of carbonyl (C=O) groups is 2. The van der Waals surface area contributed by atoms with Crippen molar-refractivity contribution in [1.29, 1.82) is 0 Å². The van der Waals surface area contributed by atoms with E-state index in [0.29, 0.717) is 40.9 Å². The Morgan fingerprint density at radius 3 is 2.33 bits per heavy atom. The van der Waals surface area contributed by atoms with Crippen molar-refractivity contribution >= 4 is 23.1 Å². The average Bonchev–Trinajstić information content (AvgIpc) is 3.43. The van der Waals surface area contributed by atoms with Crippen LogP contribution in [0.15, 0.2) is 71.0 Å². The van der Waals surface area contributed by atoms with Crippen LogP contribution in [0.25, 0.3) is 5.57 Å². The Labute approximate surface area is 191 Å². The van der Waals surface area contributed by atoms with Gasteiger partial charge in [0.15, 0.2) is 11.5 Å². The smallest absolute Gasteiger partial charge is 0.278 e. The summed E-state index contributed by atoms with van der Waals surface area (Å²) in [6.45, 7) is 2.46. The lowest BCUT2D eigenvalue weighted by atomic mass is 10.0. The van der Waals surface area contributed by atoms with Crippen LogP contribution in [-0.4, -0.2) is 37.5 Å². The molecule has 33 heavy (non-hydrogen) atoms. The Balaban J connectivity index is 1.73. The van der Waals surface area contributed by atoms with Crippen LogP contribution in [0, 0.1) is 0 Å². The third kappa shape index (κ3) is 4.41. The first kappa shape index (κ1) is 22.0. The predicted octanol–water partition coefficient (Wildman–Crippen LogP) is 4.09. The summed E-state index contributed by atoms with van der Waals surface area (Å²) in [4.78, 5) is 27.9. The van der Waals surface area contributed by atoms with Gasteiger partial charge in [0.05, 0.1) is 39.2 Å². The van der Waals surface area contributed by atoms with Gasteiger partial charge in [0.2, 0.25) is 0 Å². The van der Waals surface area contributed by atoms with Crippen molar-refractivity contribution in [1.82, 2.24) is 4.90 Å². The fraction of sp³-hybridized carbons (Fsp3) is 0.200. The van der Waals surface area contributed by atoms with Gasteiger partial charge in [-0.05, 0) is 48.9 Å². The molecule has 8 nitrogen and oxygen atoms in total. The molecular formula is C25H24N2O6. The Morgan fingerprint density at radius 1 is 0.939 bits per heavy atom. The number of nitrogens with one attached hydrogen (secondary N) is 1. The van der Waals surface area contributed by atoms with Crippen LogP contribution in [0.2, 0.25) is 0 Å². The number of nitrogens with zero attached hydrogens (tertiary/aromatic N) is 1. The first-order valence-electron chi connectivity index (χ1n) is 10.4. The maximum absolute atomic E-state index is 13.4. The second kappa shape index (κ2) is 9.52. The number of hydrogen-bond acceptors (Lipinski definition) is 7. The summed E-state index contributed by atoms with van der Waals surface area (Å²) in [5.74, 6) is 1.38. The minimum absolute atomic E-state index is 0.0301. The zero-order valence-corrected chi connectivity index (χ0v) is 18.6. The van der Waals surface area contributed by atoms with Gasteiger partial charge < -0.3 is 23.9 Å². The molecule has 1 aliphatic heterocycles. The summed E-state index contributed by atoms with van der Waals surface area (Å²) in [6.07, 6.45) is 1.50. The van der Waals surface area contributed by atoms with Gasteiger partial charge in [0.1, 0.15) is 17.2 Å². The fourth-order valence-electron chi connectivity index (χ4n) is 3.60. The molecule has 1 aromatic heterocycles. The quantitative estimate of drug-likeness (QED) is 0.493. The van der Waals surface area contributed by atoms with E-state index < -0.39 is 11.8 Å². The number of ether oxygens (including phenoxy) is 3. The summed E-state index contributed by atoms with van der Waals surface area (Å²) in [7, 11) is 3.07. The number of methoxy groups -OCH3 is 2. The molecule has 0 bridgehead atoms. The molecule has 2 heterocycles. The van der Waals surface area contributed by atoms with Crippen molar-refractivity contribution in [3.05, 3.63) is 77.9 Å². The molecule has 4 rings (SSSR count). The van der Waals surface area contributed by atoms with Gasteiger partial charge in [0, 0.05) is 11.8 Å². The van der Waals surface area contributed by atoms with Crippen molar-refractivity contribution < 1.29 is 28.2 Å². The number of carbonyl (C=O) groups excluding carboxylic acids is 2. The lowest BCUT2D eigenvalue weighted by molar-refractivity contribution is -0.137. The molecule has 8 heteroatoms. The summed E-state index contributed by atoms with van der Waals surface area (Å²) in [6, 6.07) is 15.7. The van der Waals surface area contributed by atoms with E-state index in [9.17, 15) is 9.59 Å². The third-order valence-electron chi connectivity index (χ3n) is 5.17. The maximum atomic E-state index is 13.4. The van der Waals surface area contributed by atoms with Crippen molar-refractivity contribution in [3.8, 4) is 17.2 Å². The van der Waals surface area contributed by atoms with Crippen molar-refractivity contribution in [3.63, 3.8) is 0 Å². The Bertz CT molecular complexity index is 1180. The number of furan rings is 1. The van der Waals surface area contributed by atoms with E-state index in [-0.39, 0.29) is 17.8 Å². The summed E-state index contributed by atoms with van der Waals surface area (Å²) < 4.78 is 21.5. The summed E-state index contributed by atoms with van der Waals surface area (Å²) in [5.41, 5.74) is 1.61. The number of anilines is 1. The lowest BCUT2D eigenvalue weighted by Crippen LogP contribution is -2.31.